The zero-order valence-corrected chi connectivity index (χ0v) is 44.0. The molecule has 0 aliphatic rings. The van der Waals surface area contributed by atoms with Crippen molar-refractivity contribution in [3.63, 3.8) is 0 Å². The third kappa shape index (κ3) is 53.0. The summed E-state index contributed by atoms with van der Waals surface area (Å²) in [5.74, 6) is -0.858. The molecule has 0 aromatic heterocycles. The van der Waals surface area contributed by atoms with Gasteiger partial charge < -0.3 is 14.2 Å². The van der Waals surface area contributed by atoms with E-state index in [2.05, 4.69) is 32.9 Å². The van der Waals surface area contributed by atoms with Crippen molar-refractivity contribution in [2.45, 2.75) is 335 Å². The lowest BCUT2D eigenvalue weighted by Gasteiger charge is -2.18. The topological polar surface area (TPSA) is 78.9 Å². The lowest BCUT2D eigenvalue weighted by atomic mass is 10.0. The first kappa shape index (κ1) is 63.1. The molecule has 0 heterocycles. The first-order valence-electron chi connectivity index (χ1n) is 29.2. The summed E-state index contributed by atoms with van der Waals surface area (Å²) < 4.78 is 16.8. The van der Waals surface area contributed by atoms with Crippen LogP contribution in [0, 0.1) is 0 Å². The van der Waals surface area contributed by atoms with E-state index in [0.29, 0.717) is 19.3 Å². The van der Waals surface area contributed by atoms with E-state index in [-0.39, 0.29) is 31.1 Å². The van der Waals surface area contributed by atoms with Gasteiger partial charge in [0.15, 0.2) is 6.10 Å². The Balaban J connectivity index is 4.11. The van der Waals surface area contributed by atoms with Gasteiger partial charge in [0.2, 0.25) is 0 Å². The summed E-state index contributed by atoms with van der Waals surface area (Å²) in [6.45, 7) is 6.64. The van der Waals surface area contributed by atoms with Crippen LogP contribution in [-0.2, 0) is 28.6 Å². The average molecular weight is 918 g/mol. The fourth-order valence-corrected chi connectivity index (χ4v) is 8.84. The number of allylic oxidation sites excluding steroid dienone is 2. The molecule has 0 fully saturated rings. The van der Waals surface area contributed by atoms with E-state index in [9.17, 15) is 14.4 Å². The lowest BCUT2D eigenvalue weighted by Crippen LogP contribution is -2.30. The van der Waals surface area contributed by atoms with Crippen LogP contribution in [0.4, 0.5) is 0 Å². The minimum absolute atomic E-state index is 0.0679. The second-order valence-electron chi connectivity index (χ2n) is 19.9. The van der Waals surface area contributed by atoms with Crippen LogP contribution in [0.25, 0.3) is 0 Å². The zero-order valence-electron chi connectivity index (χ0n) is 44.0. The van der Waals surface area contributed by atoms with Crippen LogP contribution in [-0.4, -0.2) is 37.2 Å². The quantitative estimate of drug-likeness (QED) is 0.0262. The normalized spacial score (nSPS) is 12.0. The minimum atomic E-state index is -0.767. The van der Waals surface area contributed by atoms with E-state index in [1.54, 1.807) is 0 Å². The van der Waals surface area contributed by atoms with Gasteiger partial charge in [0.25, 0.3) is 0 Å². The maximum atomic E-state index is 12.8. The molecule has 0 saturated carbocycles. The molecule has 384 valence electrons. The number of hydrogen-bond donors (Lipinski definition) is 0. The SMILES string of the molecule is CCCC/C=C\CCCCCCCC(=O)OC(COC(=O)CCCCCCCCCCCCC)COC(=O)CCCCCCCCCCCCCCCCCCCCCCCCCCC. The van der Waals surface area contributed by atoms with E-state index in [1.807, 2.05) is 0 Å². The first-order valence-corrected chi connectivity index (χ1v) is 29.2. The van der Waals surface area contributed by atoms with Crippen LogP contribution in [0.1, 0.15) is 329 Å². The summed E-state index contributed by atoms with van der Waals surface area (Å²) in [6.07, 6.45) is 62.3. The second kappa shape index (κ2) is 54.8. The molecule has 0 spiro atoms. The predicted octanol–water partition coefficient (Wildman–Crippen LogP) is 19.3. The Morgan fingerprint density at radius 1 is 0.292 bits per heavy atom. The zero-order chi connectivity index (χ0) is 47.2. The highest BCUT2D eigenvalue weighted by molar-refractivity contribution is 5.71. The van der Waals surface area contributed by atoms with Gasteiger partial charge >= 0.3 is 17.9 Å². The monoisotopic (exact) mass is 917 g/mol. The Morgan fingerprint density at radius 3 is 0.815 bits per heavy atom. The molecule has 65 heavy (non-hydrogen) atoms. The van der Waals surface area contributed by atoms with Crippen molar-refractivity contribution in [2.75, 3.05) is 13.2 Å². The van der Waals surface area contributed by atoms with E-state index in [1.165, 1.54) is 225 Å². The number of ether oxygens (including phenoxy) is 3. The molecule has 0 rings (SSSR count). The van der Waals surface area contributed by atoms with Crippen LogP contribution in [0.2, 0.25) is 0 Å². The molecule has 0 N–H and O–H groups in total. The number of hydrogen-bond acceptors (Lipinski definition) is 6. The Bertz CT molecular complexity index is 1010. The third-order valence-electron chi connectivity index (χ3n) is 13.3. The fraction of sp³-hybridized carbons (Fsp3) is 0.915. The van der Waals surface area contributed by atoms with Crippen molar-refractivity contribution in [3.05, 3.63) is 12.2 Å². The summed E-state index contributed by atoms with van der Waals surface area (Å²) in [4.78, 5) is 38.0. The molecule has 0 bridgehead atoms. The summed E-state index contributed by atoms with van der Waals surface area (Å²) in [6, 6.07) is 0. The van der Waals surface area contributed by atoms with Crippen molar-refractivity contribution in [1.82, 2.24) is 0 Å². The maximum absolute atomic E-state index is 12.8. The van der Waals surface area contributed by atoms with Crippen molar-refractivity contribution in [2.24, 2.45) is 0 Å². The summed E-state index contributed by atoms with van der Waals surface area (Å²) >= 11 is 0. The van der Waals surface area contributed by atoms with Gasteiger partial charge in [-0.15, -0.1) is 0 Å². The van der Waals surface area contributed by atoms with E-state index < -0.39 is 6.10 Å². The van der Waals surface area contributed by atoms with Crippen molar-refractivity contribution < 1.29 is 28.6 Å². The molecule has 6 nitrogen and oxygen atoms in total. The Kier molecular flexibility index (Phi) is 53.2. The predicted molar refractivity (Wildman–Crippen MR) is 280 cm³/mol. The van der Waals surface area contributed by atoms with Gasteiger partial charge in [0, 0.05) is 19.3 Å². The Hall–Kier alpha value is -1.85. The van der Waals surface area contributed by atoms with E-state index in [0.717, 1.165) is 64.2 Å². The van der Waals surface area contributed by atoms with Gasteiger partial charge in [0.05, 0.1) is 0 Å². The Morgan fingerprint density at radius 2 is 0.523 bits per heavy atom. The van der Waals surface area contributed by atoms with Gasteiger partial charge in [-0.25, -0.2) is 0 Å². The highest BCUT2D eigenvalue weighted by atomic mass is 16.6. The smallest absolute Gasteiger partial charge is 0.306 e. The van der Waals surface area contributed by atoms with Crippen LogP contribution in [0.15, 0.2) is 12.2 Å². The molecule has 1 atom stereocenters. The van der Waals surface area contributed by atoms with Crippen molar-refractivity contribution in [1.29, 1.82) is 0 Å². The molecule has 6 heteroatoms. The molecule has 0 aliphatic heterocycles. The largest absolute Gasteiger partial charge is 0.462 e. The molecule has 0 aliphatic carbocycles. The lowest BCUT2D eigenvalue weighted by molar-refractivity contribution is -0.167. The first-order chi connectivity index (χ1) is 32.0. The van der Waals surface area contributed by atoms with Crippen LogP contribution >= 0.6 is 0 Å². The summed E-state index contributed by atoms with van der Waals surface area (Å²) in [7, 11) is 0. The molecule has 0 saturated heterocycles. The van der Waals surface area contributed by atoms with Gasteiger partial charge in [-0.3, -0.25) is 14.4 Å². The van der Waals surface area contributed by atoms with Crippen molar-refractivity contribution in [3.8, 4) is 0 Å². The van der Waals surface area contributed by atoms with Gasteiger partial charge in [-0.1, -0.05) is 283 Å². The van der Waals surface area contributed by atoms with Gasteiger partial charge in [0.1, 0.15) is 13.2 Å². The third-order valence-corrected chi connectivity index (χ3v) is 13.3. The molecule has 0 radical (unpaired) electrons. The minimum Gasteiger partial charge on any atom is -0.462 e. The number of carbonyl (C=O) groups is 3. The molecule has 0 aromatic carbocycles. The Labute approximate surface area is 405 Å². The summed E-state index contributed by atoms with van der Waals surface area (Å²) in [5, 5.41) is 0. The number of rotatable bonds is 54. The van der Waals surface area contributed by atoms with Crippen molar-refractivity contribution >= 4 is 17.9 Å². The summed E-state index contributed by atoms with van der Waals surface area (Å²) in [5.41, 5.74) is 0. The number of esters is 3. The molecule has 1 unspecified atom stereocenters. The maximum Gasteiger partial charge on any atom is 0.306 e. The molecular weight excluding hydrogens is 805 g/mol. The van der Waals surface area contributed by atoms with Crippen LogP contribution in [0.3, 0.4) is 0 Å². The fourth-order valence-electron chi connectivity index (χ4n) is 8.84. The number of carbonyl (C=O) groups excluding carboxylic acids is 3. The highest BCUT2D eigenvalue weighted by Gasteiger charge is 2.19. The van der Waals surface area contributed by atoms with Crippen LogP contribution in [0.5, 0.6) is 0 Å². The standard InChI is InChI=1S/C59H112O6/c1-4-7-10-13-16-19-22-23-24-25-26-27-28-29-30-31-32-33-34-35-38-40-43-46-49-52-58(61)64-55-56(65-59(62)53-50-47-44-41-37-21-18-15-12-9-6-3)54-63-57(60)51-48-45-42-39-36-20-17-14-11-8-5-2/h15,18,56H,4-14,16-17,19-55H2,1-3H3/b18-15-. The second-order valence-corrected chi connectivity index (χ2v) is 19.9. The van der Waals surface area contributed by atoms with E-state index in [4.69, 9.17) is 14.2 Å². The molecule has 0 amide bonds. The molecular formula is C59H112O6. The van der Waals surface area contributed by atoms with Gasteiger partial charge in [-0.05, 0) is 38.5 Å². The molecule has 0 aromatic rings. The number of unbranched alkanes of at least 4 members (excludes halogenated alkanes) is 41. The highest BCUT2D eigenvalue weighted by Crippen LogP contribution is 2.18. The van der Waals surface area contributed by atoms with Crippen LogP contribution < -0.4 is 0 Å². The average Bonchev–Trinajstić information content (AvgIpc) is 3.30. The van der Waals surface area contributed by atoms with Gasteiger partial charge in [-0.2, -0.15) is 0 Å². The van der Waals surface area contributed by atoms with E-state index >= 15 is 0 Å².